The van der Waals surface area contributed by atoms with Crippen LogP contribution in [0.4, 0.5) is 5.00 Å². The highest BCUT2D eigenvalue weighted by atomic mass is 32.2. The maximum absolute atomic E-state index is 10.7. The van der Waals surface area contributed by atoms with Gasteiger partial charge in [-0.3, -0.25) is 10.1 Å². The van der Waals surface area contributed by atoms with Gasteiger partial charge in [0.2, 0.25) is 5.89 Å². The summed E-state index contributed by atoms with van der Waals surface area (Å²) in [5.41, 5.74) is 1.91. The van der Waals surface area contributed by atoms with E-state index in [0.717, 1.165) is 28.2 Å². The van der Waals surface area contributed by atoms with Crippen LogP contribution in [0.1, 0.15) is 17.0 Å². The van der Waals surface area contributed by atoms with E-state index in [1.54, 1.807) is 18.6 Å². The molecule has 0 atom stereocenters. The van der Waals surface area contributed by atoms with Gasteiger partial charge in [0.15, 0.2) is 0 Å². The molecule has 3 aromatic rings. The molecular weight excluding hydrogens is 350 g/mol. The van der Waals surface area contributed by atoms with Crippen LogP contribution in [-0.4, -0.2) is 22.2 Å². The summed E-state index contributed by atoms with van der Waals surface area (Å²) in [6.45, 7) is 0. The van der Waals surface area contributed by atoms with E-state index in [9.17, 15) is 10.1 Å². The van der Waals surface area contributed by atoms with Gasteiger partial charge in [-0.1, -0.05) is 35.2 Å². The molecule has 0 fully saturated rings. The summed E-state index contributed by atoms with van der Waals surface area (Å²) in [7, 11) is 1.62. The Morgan fingerprint density at radius 2 is 2.08 bits per heavy atom. The number of thioether (sulfide) groups is 1. The average Bonchev–Trinajstić information content (AvgIpc) is 3.23. The molecule has 3 rings (SSSR count). The fourth-order valence-corrected chi connectivity index (χ4v) is 3.51. The molecule has 0 aliphatic heterocycles. The summed E-state index contributed by atoms with van der Waals surface area (Å²) in [4.78, 5) is 10.3. The third-order valence-corrected chi connectivity index (χ3v) is 4.96. The lowest BCUT2D eigenvalue weighted by atomic mass is 10.1. The lowest BCUT2D eigenvalue weighted by Crippen LogP contribution is -1.89. The zero-order chi connectivity index (χ0) is 16.9. The number of ether oxygens (including phenoxy) is 1. The Labute approximate surface area is 145 Å². The summed E-state index contributed by atoms with van der Waals surface area (Å²) in [6, 6.07) is 9.21. The van der Waals surface area contributed by atoms with Gasteiger partial charge in [-0.05, 0) is 23.3 Å². The van der Waals surface area contributed by atoms with Crippen molar-refractivity contribution in [2.24, 2.45) is 0 Å². The Morgan fingerprint density at radius 3 is 2.75 bits per heavy atom. The van der Waals surface area contributed by atoms with Crippen LogP contribution >= 0.6 is 23.1 Å². The van der Waals surface area contributed by atoms with Crippen LogP contribution < -0.4 is 4.74 Å². The van der Waals surface area contributed by atoms with Gasteiger partial charge in [0, 0.05) is 17.2 Å². The maximum atomic E-state index is 10.7. The van der Waals surface area contributed by atoms with E-state index in [1.165, 1.54) is 11.8 Å². The molecule has 0 N–H and O–H groups in total. The van der Waals surface area contributed by atoms with Gasteiger partial charge in [0.05, 0.1) is 18.5 Å². The number of aromatic nitrogens is 2. The third-order valence-electron chi connectivity index (χ3n) is 3.14. The van der Waals surface area contributed by atoms with Gasteiger partial charge < -0.3 is 9.15 Å². The van der Waals surface area contributed by atoms with Crippen LogP contribution in [0.15, 0.2) is 45.4 Å². The molecule has 9 heteroatoms. The van der Waals surface area contributed by atoms with Gasteiger partial charge in [-0.15, -0.1) is 10.2 Å². The molecule has 2 heterocycles. The Bertz CT molecular complexity index is 829. The molecule has 24 heavy (non-hydrogen) atoms. The number of hydrogen-bond acceptors (Lipinski definition) is 8. The summed E-state index contributed by atoms with van der Waals surface area (Å²) in [5, 5.41) is 21.0. The number of nitro groups is 1. The first kappa shape index (κ1) is 16.5. The topological polar surface area (TPSA) is 91.3 Å². The first-order valence-electron chi connectivity index (χ1n) is 6.94. The smallest absolute Gasteiger partial charge is 0.324 e. The number of methoxy groups -OCH3 is 1. The molecule has 0 saturated heterocycles. The molecule has 0 spiro atoms. The van der Waals surface area contributed by atoms with E-state index in [2.05, 4.69) is 10.2 Å². The van der Waals surface area contributed by atoms with Gasteiger partial charge in [-0.2, -0.15) is 0 Å². The highest BCUT2D eigenvalue weighted by molar-refractivity contribution is 7.98. The van der Waals surface area contributed by atoms with E-state index in [1.807, 2.05) is 24.3 Å². The first-order valence-corrected chi connectivity index (χ1v) is 8.80. The fourth-order valence-electron chi connectivity index (χ4n) is 1.97. The lowest BCUT2D eigenvalue weighted by Gasteiger charge is -2.00. The summed E-state index contributed by atoms with van der Waals surface area (Å²) in [5.74, 6) is 1.87. The van der Waals surface area contributed by atoms with Crippen molar-refractivity contribution in [2.45, 2.75) is 17.4 Å². The zero-order valence-corrected chi connectivity index (χ0v) is 14.3. The van der Waals surface area contributed by atoms with Crippen LogP contribution in [0.3, 0.4) is 0 Å². The minimum atomic E-state index is -0.390. The number of benzene rings is 1. The fraction of sp³-hybridized carbons (Fsp3) is 0.200. The Balaban J connectivity index is 1.57. The molecule has 1 aromatic carbocycles. The summed E-state index contributed by atoms with van der Waals surface area (Å²) >= 11 is 2.47. The molecule has 0 radical (unpaired) electrons. The summed E-state index contributed by atoms with van der Waals surface area (Å²) in [6.07, 6.45) is 0.543. The number of hydrogen-bond donors (Lipinski definition) is 0. The highest BCUT2D eigenvalue weighted by Crippen LogP contribution is 2.28. The monoisotopic (exact) mass is 363 g/mol. The molecule has 0 bridgehead atoms. The van der Waals surface area contributed by atoms with E-state index in [-0.39, 0.29) is 5.00 Å². The van der Waals surface area contributed by atoms with Crippen molar-refractivity contribution in [3.8, 4) is 5.75 Å². The number of thiophene rings is 1. The van der Waals surface area contributed by atoms with Crippen molar-refractivity contribution < 1.29 is 14.1 Å². The second kappa shape index (κ2) is 7.45. The highest BCUT2D eigenvalue weighted by Gasteiger charge is 2.12. The summed E-state index contributed by atoms with van der Waals surface area (Å²) < 4.78 is 10.7. The Hall–Kier alpha value is -2.39. The number of nitrogens with zero attached hydrogens (tertiary/aromatic N) is 3. The molecule has 2 aromatic heterocycles. The van der Waals surface area contributed by atoms with Crippen molar-refractivity contribution in [1.82, 2.24) is 10.2 Å². The Kier molecular flexibility index (Phi) is 5.11. The van der Waals surface area contributed by atoms with Crippen molar-refractivity contribution >= 4 is 28.1 Å². The van der Waals surface area contributed by atoms with Gasteiger partial charge in [-0.25, -0.2) is 0 Å². The van der Waals surface area contributed by atoms with E-state index < -0.39 is 4.92 Å². The quantitative estimate of drug-likeness (QED) is 0.357. The SMILES string of the molecule is COc1ccc(Cc2nnc(SCc3csc([N+](=O)[O-])c3)o2)cc1. The van der Waals surface area contributed by atoms with Gasteiger partial charge in [0.1, 0.15) is 5.75 Å². The van der Waals surface area contributed by atoms with E-state index in [4.69, 9.17) is 9.15 Å². The number of rotatable bonds is 7. The molecule has 0 amide bonds. The van der Waals surface area contributed by atoms with Crippen LogP contribution in [0, 0.1) is 10.1 Å². The van der Waals surface area contributed by atoms with Gasteiger partial charge in [0.25, 0.3) is 5.22 Å². The third kappa shape index (κ3) is 4.12. The minimum absolute atomic E-state index is 0.135. The largest absolute Gasteiger partial charge is 0.497 e. The minimum Gasteiger partial charge on any atom is -0.497 e. The van der Waals surface area contributed by atoms with Crippen LogP contribution in [0.2, 0.25) is 0 Å². The maximum Gasteiger partial charge on any atom is 0.324 e. The van der Waals surface area contributed by atoms with Crippen LogP contribution in [0.5, 0.6) is 5.75 Å². The predicted octanol–water partition coefficient (Wildman–Crippen LogP) is 3.93. The van der Waals surface area contributed by atoms with Crippen LogP contribution in [-0.2, 0) is 12.2 Å². The van der Waals surface area contributed by atoms with Crippen molar-refractivity contribution in [3.05, 3.63) is 62.8 Å². The zero-order valence-electron chi connectivity index (χ0n) is 12.7. The second-order valence-electron chi connectivity index (χ2n) is 4.83. The van der Waals surface area contributed by atoms with E-state index in [0.29, 0.717) is 23.3 Å². The normalized spacial score (nSPS) is 10.7. The molecule has 7 nitrogen and oxygen atoms in total. The molecule has 0 aliphatic carbocycles. The molecule has 124 valence electrons. The van der Waals surface area contributed by atoms with Crippen LogP contribution in [0.25, 0.3) is 0 Å². The van der Waals surface area contributed by atoms with E-state index >= 15 is 0 Å². The lowest BCUT2D eigenvalue weighted by molar-refractivity contribution is -0.380. The van der Waals surface area contributed by atoms with Crippen molar-refractivity contribution in [3.63, 3.8) is 0 Å². The predicted molar refractivity (Wildman–Crippen MR) is 90.6 cm³/mol. The standard InChI is InChI=1S/C15H13N3O4S2/c1-21-12-4-2-10(3-5-12)6-13-16-17-15(22-13)24-9-11-7-14(18(19)20)23-8-11/h2-5,7-8H,6,9H2,1H3. The average molecular weight is 363 g/mol. The van der Waals surface area contributed by atoms with Crippen molar-refractivity contribution in [2.75, 3.05) is 7.11 Å². The molecule has 0 saturated carbocycles. The molecule has 0 unspecified atom stereocenters. The molecular formula is C15H13N3O4S2. The van der Waals surface area contributed by atoms with Crippen molar-refractivity contribution in [1.29, 1.82) is 0 Å². The molecule has 0 aliphatic rings. The Morgan fingerprint density at radius 1 is 1.29 bits per heavy atom. The van der Waals surface area contributed by atoms with Gasteiger partial charge >= 0.3 is 5.00 Å². The second-order valence-corrected chi connectivity index (χ2v) is 6.64. The first-order chi connectivity index (χ1) is 11.6.